The van der Waals surface area contributed by atoms with Crippen LogP contribution in [0.15, 0.2) is 48.5 Å². The fourth-order valence-electron chi connectivity index (χ4n) is 2.59. The first-order chi connectivity index (χ1) is 12.6. The number of ether oxygens (including phenoxy) is 2. The highest BCUT2D eigenvalue weighted by Gasteiger charge is 2.22. The van der Waals surface area contributed by atoms with Crippen LogP contribution in [-0.2, 0) is 9.47 Å². The highest BCUT2D eigenvalue weighted by Crippen LogP contribution is 2.30. The van der Waals surface area contributed by atoms with E-state index < -0.39 is 4.92 Å². The van der Waals surface area contributed by atoms with E-state index in [1.54, 1.807) is 50.6 Å². The molecule has 0 radical (unpaired) electrons. The lowest BCUT2D eigenvalue weighted by molar-refractivity contribution is -0.384. The summed E-state index contributed by atoms with van der Waals surface area (Å²) >= 11 is 0. The number of carbonyl (C=O) groups is 1. The van der Waals surface area contributed by atoms with Gasteiger partial charge in [-0.25, -0.2) is 0 Å². The van der Waals surface area contributed by atoms with Crippen LogP contribution in [0.1, 0.15) is 15.9 Å². The van der Waals surface area contributed by atoms with Gasteiger partial charge in [0.2, 0.25) is 0 Å². The molecule has 0 N–H and O–H groups in total. The Hall–Kier alpha value is -2.77. The second kappa shape index (κ2) is 9.65. The average molecular weight is 358 g/mol. The van der Waals surface area contributed by atoms with Gasteiger partial charge in [-0.05, 0) is 12.1 Å². The van der Waals surface area contributed by atoms with E-state index in [2.05, 4.69) is 0 Å². The molecular formula is C19H22N2O5. The minimum Gasteiger partial charge on any atom is -0.383 e. The lowest BCUT2D eigenvalue weighted by Crippen LogP contribution is -2.31. The van der Waals surface area contributed by atoms with Crippen molar-refractivity contribution < 1.29 is 19.2 Å². The maximum absolute atomic E-state index is 12.6. The standard InChI is InChI=1S/C19H22N2O5/c1-25-12-10-20(11-13-26-2)17-9-8-16(14-18(17)21(23)24)19(22)15-6-4-3-5-7-15/h3-9,14H,10-13H2,1-2H3. The minimum atomic E-state index is -0.469. The van der Waals surface area contributed by atoms with Crippen molar-refractivity contribution in [2.45, 2.75) is 0 Å². The first kappa shape index (κ1) is 19.6. The van der Waals surface area contributed by atoms with Crippen LogP contribution in [0.5, 0.6) is 0 Å². The molecule has 0 aliphatic heterocycles. The van der Waals surface area contributed by atoms with Gasteiger partial charge in [-0.1, -0.05) is 30.3 Å². The van der Waals surface area contributed by atoms with Crippen LogP contribution in [-0.4, -0.2) is 51.2 Å². The van der Waals surface area contributed by atoms with Gasteiger partial charge < -0.3 is 14.4 Å². The van der Waals surface area contributed by atoms with Gasteiger partial charge in [0.1, 0.15) is 5.69 Å². The van der Waals surface area contributed by atoms with E-state index in [1.165, 1.54) is 6.07 Å². The number of nitrogens with zero attached hydrogens (tertiary/aromatic N) is 2. The SMILES string of the molecule is COCCN(CCOC)c1ccc(C(=O)c2ccccc2)cc1[N+](=O)[O-]. The molecule has 0 aliphatic carbocycles. The second-order valence-corrected chi connectivity index (χ2v) is 5.63. The third kappa shape index (κ3) is 4.87. The third-order valence-corrected chi connectivity index (χ3v) is 3.94. The van der Waals surface area contributed by atoms with Gasteiger partial charge in [-0.3, -0.25) is 14.9 Å². The topological polar surface area (TPSA) is 81.9 Å². The normalized spacial score (nSPS) is 10.5. The Balaban J connectivity index is 2.38. The Bertz CT molecular complexity index is 741. The molecule has 2 aromatic rings. The molecule has 0 aromatic heterocycles. The van der Waals surface area contributed by atoms with Crippen LogP contribution in [0.4, 0.5) is 11.4 Å². The molecule has 0 heterocycles. The van der Waals surface area contributed by atoms with Crippen molar-refractivity contribution in [3.05, 3.63) is 69.8 Å². The average Bonchev–Trinajstić information content (AvgIpc) is 2.68. The molecule has 2 aromatic carbocycles. The maximum Gasteiger partial charge on any atom is 0.293 e. The van der Waals surface area contributed by atoms with E-state index in [9.17, 15) is 14.9 Å². The van der Waals surface area contributed by atoms with Gasteiger partial charge >= 0.3 is 0 Å². The summed E-state index contributed by atoms with van der Waals surface area (Å²) < 4.78 is 10.2. The fourth-order valence-corrected chi connectivity index (χ4v) is 2.59. The summed E-state index contributed by atoms with van der Waals surface area (Å²) in [4.78, 5) is 25.5. The highest BCUT2D eigenvalue weighted by molar-refractivity contribution is 6.09. The van der Waals surface area contributed by atoms with Gasteiger partial charge in [0.05, 0.1) is 18.1 Å². The smallest absolute Gasteiger partial charge is 0.293 e. The molecule has 0 atom stereocenters. The number of carbonyl (C=O) groups excluding carboxylic acids is 1. The maximum atomic E-state index is 12.6. The highest BCUT2D eigenvalue weighted by atomic mass is 16.6. The Kier molecular flexibility index (Phi) is 7.25. The molecule has 2 rings (SSSR count). The number of hydrogen-bond donors (Lipinski definition) is 0. The van der Waals surface area contributed by atoms with Crippen LogP contribution >= 0.6 is 0 Å². The Labute approximate surface area is 152 Å². The van der Waals surface area contributed by atoms with Gasteiger partial charge in [0, 0.05) is 44.5 Å². The molecule has 138 valence electrons. The van der Waals surface area contributed by atoms with E-state index in [0.717, 1.165) is 0 Å². The Morgan fingerprint density at radius 1 is 1.00 bits per heavy atom. The summed E-state index contributed by atoms with van der Waals surface area (Å²) in [6.45, 7) is 1.80. The lowest BCUT2D eigenvalue weighted by Gasteiger charge is -2.24. The van der Waals surface area contributed by atoms with Crippen LogP contribution in [0.25, 0.3) is 0 Å². The molecule has 0 amide bonds. The predicted octanol–water partition coefficient (Wildman–Crippen LogP) is 2.93. The van der Waals surface area contributed by atoms with E-state index in [1.807, 2.05) is 11.0 Å². The molecule has 0 spiro atoms. The molecular weight excluding hydrogens is 336 g/mol. The van der Waals surface area contributed by atoms with Crippen LogP contribution in [0.2, 0.25) is 0 Å². The van der Waals surface area contributed by atoms with E-state index in [-0.39, 0.29) is 17.0 Å². The molecule has 0 aliphatic rings. The van der Waals surface area contributed by atoms with Crippen LogP contribution in [0, 0.1) is 10.1 Å². The monoisotopic (exact) mass is 358 g/mol. The predicted molar refractivity (Wildman–Crippen MR) is 98.9 cm³/mol. The van der Waals surface area contributed by atoms with Crippen molar-refractivity contribution >= 4 is 17.2 Å². The third-order valence-electron chi connectivity index (χ3n) is 3.94. The summed E-state index contributed by atoms with van der Waals surface area (Å²) in [5, 5.41) is 11.6. The van der Waals surface area contributed by atoms with Crippen molar-refractivity contribution in [1.29, 1.82) is 0 Å². The lowest BCUT2D eigenvalue weighted by atomic mass is 10.0. The molecule has 7 heteroatoms. The van der Waals surface area contributed by atoms with Gasteiger partial charge in [-0.15, -0.1) is 0 Å². The number of hydrogen-bond acceptors (Lipinski definition) is 6. The summed E-state index contributed by atoms with van der Waals surface area (Å²) in [6.07, 6.45) is 0. The van der Waals surface area contributed by atoms with Crippen molar-refractivity contribution in [2.75, 3.05) is 45.4 Å². The summed E-state index contributed by atoms with van der Waals surface area (Å²) in [5.74, 6) is -0.249. The number of methoxy groups -OCH3 is 2. The Morgan fingerprint density at radius 3 is 2.15 bits per heavy atom. The summed E-state index contributed by atoms with van der Waals surface area (Å²) in [7, 11) is 3.15. The molecule has 7 nitrogen and oxygen atoms in total. The van der Waals surface area contributed by atoms with E-state index in [4.69, 9.17) is 9.47 Å². The van der Waals surface area contributed by atoms with Gasteiger partial charge in [0.15, 0.2) is 5.78 Å². The molecule has 26 heavy (non-hydrogen) atoms. The number of benzene rings is 2. The summed E-state index contributed by atoms with van der Waals surface area (Å²) in [6, 6.07) is 13.3. The number of nitro groups is 1. The zero-order valence-corrected chi connectivity index (χ0v) is 14.9. The van der Waals surface area contributed by atoms with Gasteiger partial charge in [-0.2, -0.15) is 0 Å². The van der Waals surface area contributed by atoms with Crippen LogP contribution < -0.4 is 4.90 Å². The number of anilines is 1. The molecule has 0 saturated carbocycles. The molecule has 0 saturated heterocycles. The van der Waals surface area contributed by atoms with E-state index >= 15 is 0 Å². The number of nitro benzene ring substituents is 1. The van der Waals surface area contributed by atoms with Crippen LogP contribution in [0.3, 0.4) is 0 Å². The minimum absolute atomic E-state index is 0.112. The van der Waals surface area contributed by atoms with Crippen molar-refractivity contribution in [2.24, 2.45) is 0 Å². The first-order valence-electron chi connectivity index (χ1n) is 8.19. The number of rotatable bonds is 10. The fraction of sp³-hybridized carbons (Fsp3) is 0.316. The molecule has 0 unspecified atom stereocenters. The second-order valence-electron chi connectivity index (χ2n) is 5.63. The molecule has 0 fully saturated rings. The largest absolute Gasteiger partial charge is 0.383 e. The quantitative estimate of drug-likeness (QED) is 0.369. The van der Waals surface area contributed by atoms with E-state index in [0.29, 0.717) is 37.6 Å². The van der Waals surface area contributed by atoms with Crippen molar-refractivity contribution in [1.82, 2.24) is 0 Å². The first-order valence-corrected chi connectivity index (χ1v) is 8.19. The van der Waals surface area contributed by atoms with Crippen molar-refractivity contribution in [3.8, 4) is 0 Å². The molecule has 0 bridgehead atoms. The van der Waals surface area contributed by atoms with Gasteiger partial charge in [0.25, 0.3) is 5.69 Å². The summed E-state index contributed by atoms with van der Waals surface area (Å²) in [5.41, 5.74) is 1.10. The number of ketones is 1. The zero-order chi connectivity index (χ0) is 18.9. The Morgan fingerprint density at radius 2 is 1.62 bits per heavy atom. The van der Waals surface area contributed by atoms with Crippen molar-refractivity contribution in [3.63, 3.8) is 0 Å². The zero-order valence-electron chi connectivity index (χ0n) is 14.9.